The van der Waals surface area contributed by atoms with Crippen LogP contribution in [-0.2, 0) is 0 Å². The third-order valence-corrected chi connectivity index (χ3v) is 3.21. The van der Waals surface area contributed by atoms with E-state index in [0.29, 0.717) is 6.92 Å². The minimum Gasteiger partial charge on any atom is -0.343 e. The summed E-state index contributed by atoms with van der Waals surface area (Å²) < 4.78 is 100. The molecule has 0 saturated heterocycles. The Bertz CT molecular complexity index is 916. The van der Waals surface area contributed by atoms with Crippen LogP contribution in [0.2, 0.25) is 5.15 Å². The van der Waals surface area contributed by atoms with E-state index < -0.39 is 59.4 Å². The molecule has 0 unspecified atom stereocenters. The smallest absolute Gasteiger partial charge is 0.343 e. The summed E-state index contributed by atoms with van der Waals surface area (Å²) in [5.41, 5.74) is -0.298. The minimum absolute atomic E-state index is 0.298. The van der Waals surface area contributed by atoms with Crippen molar-refractivity contribution in [1.82, 2.24) is 19.9 Å². The maximum absolute atomic E-state index is 13.0. The predicted octanol–water partition coefficient (Wildman–Crippen LogP) is 4.31. The zero-order valence-electron chi connectivity index (χ0n) is 16.6. The lowest BCUT2D eigenvalue weighted by Crippen LogP contribution is -2.35. The van der Waals surface area contributed by atoms with E-state index in [1.54, 1.807) is 5.32 Å². The monoisotopic (exact) mass is 417 g/mol. The molecule has 0 aliphatic rings. The molecule has 6 nitrogen and oxygen atoms in total. The molecule has 148 valence electrons. The number of pyridine rings is 1. The fraction of sp³-hybridized carbons (Fsp3) is 0.429. The Morgan fingerprint density at radius 2 is 1.59 bits per heavy atom. The van der Waals surface area contributed by atoms with Crippen LogP contribution < -0.4 is 10.6 Å². The van der Waals surface area contributed by atoms with Gasteiger partial charge in [0.1, 0.15) is 22.9 Å². The molecule has 0 bridgehead atoms. The van der Waals surface area contributed by atoms with Gasteiger partial charge in [0.15, 0.2) is 5.82 Å². The number of hydrogen-bond donors (Lipinski definition) is 2. The predicted molar refractivity (Wildman–Crippen MR) is 86.3 cm³/mol. The lowest BCUT2D eigenvalue weighted by molar-refractivity contribution is -0.139. The molecule has 2 atom stereocenters. The Balaban J connectivity index is 2.57. The zero-order chi connectivity index (χ0) is 23.1. The number of anilines is 2. The van der Waals surface area contributed by atoms with Crippen LogP contribution in [0.1, 0.15) is 18.0 Å². The van der Waals surface area contributed by atoms with Crippen LogP contribution in [-0.4, -0.2) is 44.3 Å². The fourth-order valence-corrected chi connectivity index (χ4v) is 1.72. The van der Waals surface area contributed by atoms with Crippen LogP contribution in [0.3, 0.4) is 0 Å². The first kappa shape index (κ1) is 16.8. The van der Waals surface area contributed by atoms with Crippen molar-refractivity contribution in [1.29, 1.82) is 0 Å². The second kappa shape index (κ2) is 7.71. The first-order valence-corrected chi connectivity index (χ1v) is 7.47. The van der Waals surface area contributed by atoms with Crippen molar-refractivity contribution in [3.05, 3.63) is 23.3 Å². The summed E-state index contributed by atoms with van der Waals surface area (Å²) in [6.07, 6.45) is -9.80. The molecular weight excluding hydrogens is 402 g/mol. The number of rotatable bonds is 5. The number of nitrogens with one attached hydrogen (secondary N) is 2. The number of alkyl halides is 6. The highest BCUT2D eigenvalue weighted by Crippen LogP contribution is 2.26. The van der Waals surface area contributed by atoms with Gasteiger partial charge in [-0.05, 0) is 26.0 Å². The zero-order valence-corrected chi connectivity index (χ0v) is 14.3. The van der Waals surface area contributed by atoms with Gasteiger partial charge in [-0.15, -0.1) is 0 Å². The van der Waals surface area contributed by atoms with Gasteiger partial charge >= 0.3 is 12.4 Å². The van der Waals surface area contributed by atoms with Crippen LogP contribution >= 0.6 is 11.6 Å². The Morgan fingerprint density at radius 3 is 2.11 bits per heavy atom. The molecule has 2 rings (SSSR count). The summed E-state index contributed by atoms with van der Waals surface area (Å²) >= 11 is 5.71. The van der Waals surface area contributed by atoms with Gasteiger partial charge in [0.2, 0.25) is 11.9 Å². The van der Waals surface area contributed by atoms with E-state index in [4.69, 9.17) is 15.7 Å². The molecule has 0 radical (unpaired) electrons. The van der Waals surface area contributed by atoms with Crippen LogP contribution in [0, 0.1) is 0 Å². The highest BCUT2D eigenvalue weighted by molar-refractivity contribution is 6.29. The Labute approximate surface area is 158 Å². The van der Waals surface area contributed by atoms with Gasteiger partial charge in [-0.2, -0.15) is 41.3 Å². The van der Waals surface area contributed by atoms with Crippen molar-refractivity contribution >= 4 is 23.5 Å². The third kappa shape index (κ3) is 5.81. The van der Waals surface area contributed by atoms with Gasteiger partial charge in [-0.1, -0.05) is 17.6 Å². The lowest BCUT2D eigenvalue weighted by atomic mass is 10.3. The van der Waals surface area contributed by atoms with E-state index in [1.165, 1.54) is 0 Å². The van der Waals surface area contributed by atoms with E-state index in [1.807, 2.05) is 5.32 Å². The largest absolute Gasteiger partial charge is 0.408 e. The third-order valence-electron chi connectivity index (χ3n) is 3.03. The molecule has 0 saturated carbocycles. The fourth-order valence-electron chi connectivity index (χ4n) is 1.57. The van der Waals surface area contributed by atoms with Crippen molar-refractivity contribution in [2.75, 3.05) is 10.6 Å². The van der Waals surface area contributed by atoms with Crippen molar-refractivity contribution < 1.29 is 30.5 Å². The first-order valence-electron chi connectivity index (χ1n) is 8.59. The SMILES string of the molecule is [2H]c1cc(-c2nc(N[C@H](C)C(F)(F)F)nc(N[C@]([2H])(C)C(F)(F)F)n2)nc(Cl)c1[2H]. The molecule has 0 aliphatic carbocycles. The van der Waals surface area contributed by atoms with Crippen LogP contribution in [0.4, 0.5) is 38.2 Å². The van der Waals surface area contributed by atoms with Crippen molar-refractivity contribution in [3.63, 3.8) is 0 Å². The summed E-state index contributed by atoms with van der Waals surface area (Å²) in [4.78, 5) is 14.5. The molecule has 2 N–H and O–H groups in total. The van der Waals surface area contributed by atoms with Crippen molar-refractivity contribution in [2.45, 2.75) is 38.3 Å². The molecule has 0 fully saturated rings. The van der Waals surface area contributed by atoms with Gasteiger partial charge in [-0.3, -0.25) is 0 Å². The first-order chi connectivity index (χ1) is 13.5. The summed E-state index contributed by atoms with van der Waals surface area (Å²) in [5.74, 6) is -2.16. The summed E-state index contributed by atoms with van der Waals surface area (Å²) in [6.45, 7) is 1.18. The molecule has 27 heavy (non-hydrogen) atoms. The second-order valence-corrected chi connectivity index (χ2v) is 5.52. The lowest BCUT2D eigenvalue weighted by Gasteiger charge is -2.20. The van der Waals surface area contributed by atoms with Gasteiger partial charge in [-0.25, -0.2) is 4.98 Å². The Kier molecular flexibility index (Phi) is 4.79. The molecule has 13 heteroatoms. The standard InChI is InChI=1S/C14H13ClF6N6/c1-6(13(16,17)18)22-11-25-10(8-4-3-5-9(15)24-8)26-12(27-11)23-7(2)14(19,20)21/h3-7H,1-2H3,(H2,22,23,25,26,27)/t6-,7-/m1/s1/i3D,5D,6D. The summed E-state index contributed by atoms with van der Waals surface area (Å²) in [7, 11) is 0. The highest BCUT2D eigenvalue weighted by atomic mass is 35.5. The summed E-state index contributed by atoms with van der Waals surface area (Å²) in [5, 5.41) is 3.11. The van der Waals surface area contributed by atoms with Crippen LogP contribution in [0.5, 0.6) is 0 Å². The highest BCUT2D eigenvalue weighted by Gasteiger charge is 2.38. The maximum Gasteiger partial charge on any atom is 0.408 e. The molecule has 0 spiro atoms. The summed E-state index contributed by atoms with van der Waals surface area (Å²) in [6, 6.07) is -5.39. The van der Waals surface area contributed by atoms with E-state index in [-0.39, 0.29) is 5.69 Å². The molecule has 2 heterocycles. The molecule has 0 aliphatic heterocycles. The van der Waals surface area contributed by atoms with E-state index in [9.17, 15) is 26.3 Å². The van der Waals surface area contributed by atoms with E-state index in [0.717, 1.165) is 13.0 Å². The minimum atomic E-state index is -5.07. The molecule has 0 aromatic carbocycles. The van der Waals surface area contributed by atoms with Crippen LogP contribution in [0.15, 0.2) is 18.2 Å². The number of halogens is 7. The van der Waals surface area contributed by atoms with Crippen molar-refractivity contribution in [2.24, 2.45) is 0 Å². The van der Waals surface area contributed by atoms with Gasteiger partial charge in [0, 0.05) is 0 Å². The Morgan fingerprint density at radius 1 is 1.00 bits per heavy atom. The van der Waals surface area contributed by atoms with Gasteiger partial charge in [0.25, 0.3) is 0 Å². The van der Waals surface area contributed by atoms with Gasteiger partial charge in [0.05, 0.1) is 4.11 Å². The topological polar surface area (TPSA) is 75.6 Å². The molecule has 2 aromatic heterocycles. The van der Waals surface area contributed by atoms with Crippen molar-refractivity contribution in [3.8, 4) is 11.5 Å². The molecule has 2 aromatic rings. The normalized spacial score (nSPS) is 17.3. The number of hydrogen-bond acceptors (Lipinski definition) is 6. The quantitative estimate of drug-likeness (QED) is 0.557. The average Bonchev–Trinajstić information content (AvgIpc) is 2.56. The van der Waals surface area contributed by atoms with E-state index >= 15 is 0 Å². The van der Waals surface area contributed by atoms with Gasteiger partial charge < -0.3 is 10.6 Å². The second-order valence-electron chi connectivity index (χ2n) is 5.16. The molecular formula is C14H13ClF6N6. The van der Waals surface area contributed by atoms with Crippen LogP contribution in [0.25, 0.3) is 11.5 Å². The number of aromatic nitrogens is 4. The molecule has 0 amide bonds. The maximum atomic E-state index is 13.0. The van der Waals surface area contributed by atoms with E-state index in [2.05, 4.69) is 19.9 Å². The number of nitrogens with zero attached hydrogens (tertiary/aromatic N) is 4. The Hall–Kier alpha value is -2.37. The average molecular weight is 418 g/mol.